The Balaban J connectivity index is 3.00. The van der Waals surface area contributed by atoms with Crippen molar-refractivity contribution in [2.45, 2.75) is 13.3 Å². The summed E-state index contributed by atoms with van der Waals surface area (Å²) in [5.74, 6) is 0.399. The van der Waals surface area contributed by atoms with Gasteiger partial charge in [-0.1, -0.05) is 6.92 Å². The Labute approximate surface area is 44.9 Å². The number of rotatable bonds is 3. The van der Waals surface area contributed by atoms with Gasteiger partial charge in [-0.25, -0.2) is 9.47 Å². The van der Waals surface area contributed by atoms with Crippen molar-refractivity contribution in [3.8, 4) is 0 Å². The molecule has 0 aromatic heterocycles. The molecule has 44 valence electrons. The minimum absolute atomic E-state index is 0.399. The molecule has 0 aromatic rings. The molecule has 0 radical (unpaired) electrons. The third-order valence-electron chi connectivity index (χ3n) is 0.454. The van der Waals surface area contributed by atoms with Crippen LogP contribution in [0.15, 0.2) is 0 Å². The number of hydrogen-bond acceptors (Lipinski definition) is 3. The van der Waals surface area contributed by atoms with Crippen molar-refractivity contribution in [3.63, 3.8) is 0 Å². The maximum absolute atomic E-state index is 10.1. The second-order valence-corrected chi connectivity index (χ2v) is 2.25. The van der Waals surface area contributed by atoms with Crippen LogP contribution in [0.2, 0.25) is 0 Å². The Morgan fingerprint density at radius 1 is 1.86 bits per heavy atom. The van der Waals surface area contributed by atoms with Crippen molar-refractivity contribution in [2.75, 3.05) is 5.75 Å². The Morgan fingerprint density at radius 3 is 2.57 bits per heavy atom. The second kappa shape index (κ2) is 4.23. The molecule has 0 bridgehead atoms. The first kappa shape index (κ1) is 7.07. The smallest absolute Gasteiger partial charge is 0.187 e. The monoisotopic (exact) mass is 124 g/mol. The topological polar surface area (TPSA) is 46.5 Å². The molecule has 1 atom stereocenters. The van der Waals surface area contributed by atoms with E-state index in [-0.39, 0.29) is 0 Å². The molecule has 0 spiro atoms. The fraction of sp³-hybridized carbons (Fsp3) is 1.00. The average molecular weight is 124 g/mol. The molecular formula is C3H8O3S. The lowest BCUT2D eigenvalue weighted by Crippen LogP contribution is -1.96. The molecule has 0 heterocycles. The first-order valence-electron chi connectivity index (χ1n) is 2.01. The van der Waals surface area contributed by atoms with Gasteiger partial charge in [0.2, 0.25) is 0 Å². The molecule has 0 aliphatic carbocycles. The number of hydrogen-bond donors (Lipinski definition) is 1. The lowest BCUT2D eigenvalue weighted by atomic mass is 10.6. The second-order valence-electron chi connectivity index (χ2n) is 1.08. The SMILES string of the molecule is CCCS(=O)OO. The van der Waals surface area contributed by atoms with E-state index in [1.54, 1.807) is 0 Å². The van der Waals surface area contributed by atoms with Crippen molar-refractivity contribution in [3.05, 3.63) is 0 Å². The summed E-state index contributed by atoms with van der Waals surface area (Å²) in [6.07, 6.45) is 0.757. The molecule has 0 saturated heterocycles. The zero-order valence-corrected chi connectivity index (χ0v) is 4.90. The summed E-state index contributed by atoms with van der Waals surface area (Å²) in [6, 6.07) is 0. The van der Waals surface area contributed by atoms with Crippen LogP contribution < -0.4 is 0 Å². The van der Waals surface area contributed by atoms with E-state index in [1.807, 2.05) is 6.92 Å². The maximum atomic E-state index is 10.1. The molecule has 0 rings (SSSR count). The summed E-state index contributed by atoms with van der Waals surface area (Å²) < 4.78 is 13.5. The molecule has 0 aliphatic rings. The van der Waals surface area contributed by atoms with Crippen LogP contribution >= 0.6 is 0 Å². The summed E-state index contributed by atoms with van der Waals surface area (Å²) in [7, 11) is 0. The predicted molar refractivity (Wildman–Crippen MR) is 27.0 cm³/mol. The van der Waals surface area contributed by atoms with Crippen molar-refractivity contribution >= 4 is 11.1 Å². The highest BCUT2D eigenvalue weighted by Gasteiger charge is 1.91. The van der Waals surface area contributed by atoms with Gasteiger partial charge in [-0.05, 0) is 6.42 Å². The molecular weight excluding hydrogens is 116 g/mol. The van der Waals surface area contributed by atoms with E-state index < -0.39 is 11.1 Å². The quantitative estimate of drug-likeness (QED) is 0.441. The third-order valence-corrected chi connectivity index (χ3v) is 1.36. The summed E-state index contributed by atoms with van der Waals surface area (Å²) in [4.78, 5) is 0. The highest BCUT2D eigenvalue weighted by molar-refractivity contribution is 7.80. The van der Waals surface area contributed by atoms with Crippen LogP contribution in [0.3, 0.4) is 0 Å². The molecule has 1 unspecified atom stereocenters. The van der Waals surface area contributed by atoms with Crippen molar-refractivity contribution < 1.29 is 13.8 Å². The van der Waals surface area contributed by atoms with Gasteiger partial charge in [-0.2, -0.15) is 0 Å². The maximum Gasteiger partial charge on any atom is 0.187 e. The fourth-order valence-corrected chi connectivity index (χ4v) is 0.612. The van der Waals surface area contributed by atoms with Crippen LogP contribution in [0, 0.1) is 0 Å². The van der Waals surface area contributed by atoms with Crippen molar-refractivity contribution in [2.24, 2.45) is 0 Å². The summed E-state index contributed by atoms with van der Waals surface area (Å²) >= 11 is -1.47. The minimum atomic E-state index is -1.47. The molecule has 7 heavy (non-hydrogen) atoms. The van der Waals surface area contributed by atoms with Crippen LogP contribution in [0.1, 0.15) is 13.3 Å². The average Bonchev–Trinajstić information content (AvgIpc) is 1.68. The zero-order valence-electron chi connectivity index (χ0n) is 4.09. The van der Waals surface area contributed by atoms with Gasteiger partial charge in [-0.3, -0.25) is 0 Å². The van der Waals surface area contributed by atoms with Gasteiger partial charge >= 0.3 is 0 Å². The van der Waals surface area contributed by atoms with E-state index in [0.29, 0.717) is 5.75 Å². The Bertz CT molecular complexity index is 63.2. The largest absolute Gasteiger partial charge is 0.237 e. The summed E-state index contributed by atoms with van der Waals surface area (Å²) in [5, 5.41) is 7.67. The van der Waals surface area contributed by atoms with Crippen LogP contribution in [-0.4, -0.2) is 15.2 Å². The summed E-state index contributed by atoms with van der Waals surface area (Å²) in [6.45, 7) is 1.86. The van der Waals surface area contributed by atoms with Crippen LogP contribution in [0.5, 0.6) is 0 Å². The summed E-state index contributed by atoms with van der Waals surface area (Å²) in [5.41, 5.74) is 0. The third kappa shape index (κ3) is 3.91. The van der Waals surface area contributed by atoms with E-state index in [2.05, 4.69) is 4.33 Å². The van der Waals surface area contributed by atoms with E-state index in [0.717, 1.165) is 6.42 Å². The molecule has 1 N–H and O–H groups in total. The molecule has 0 amide bonds. The van der Waals surface area contributed by atoms with Gasteiger partial charge in [0, 0.05) is 0 Å². The van der Waals surface area contributed by atoms with E-state index >= 15 is 0 Å². The highest BCUT2D eigenvalue weighted by Crippen LogP contribution is 1.83. The van der Waals surface area contributed by atoms with Gasteiger partial charge < -0.3 is 0 Å². The van der Waals surface area contributed by atoms with Gasteiger partial charge in [0.1, 0.15) is 0 Å². The van der Waals surface area contributed by atoms with Gasteiger partial charge in [0.05, 0.1) is 5.75 Å². The fourth-order valence-electron chi connectivity index (χ4n) is 0.204. The highest BCUT2D eigenvalue weighted by atomic mass is 32.2. The Kier molecular flexibility index (Phi) is 4.28. The standard InChI is InChI=1S/C3H8O3S/c1-2-3-7(5)6-4/h4H,2-3H2,1H3. The normalized spacial score (nSPS) is 14.0. The van der Waals surface area contributed by atoms with E-state index in [1.165, 1.54) is 0 Å². The van der Waals surface area contributed by atoms with Gasteiger partial charge in [0.15, 0.2) is 11.1 Å². The van der Waals surface area contributed by atoms with Crippen LogP contribution in [0.25, 0.3) is 0 Å². The van der Waals surface area contributed by atoms with Crippen LogP contribution in [-0.2, 0) is 15.4 Å². The first-order chi connectivity index (χ1) is 3.31. The van der Waals surface area contributed by atoms with E-state index in [4.69, 9.17) is 5.26 Å². The van der Waals surface area contributed by atoms with Crippen molar-refractivity contribution in [1.29, 1.82) is 0 Å². The lowest BCUT2D eigenvalue weighted by Gasteiger charge is -1.87. The van der Waals surface area contributed by atoms with Gasteiger partial charge in [-0.15, -0.1) is 4.33 Å². The molecule has 4 heteroatoms. The van der Waals surface area contributed by atoms with Crippen LogP contribution in [0.4, 0.5) is 0 Å². The molecule has 0 fully saturated rings. The molecule has 0 aliphatic heterocycles. The molecule has 0 aromatic carbocycles. The zero-order chi connectivity index (χ0) is 5.70. The minimum Gasteiger partial charge on any atom is -0.237 e. The first-order valence-corrected chi connectivity index (χ1v) is 3.26. The van der Waals surface area contributed by atoms with E-state index in [9.17, 15) is 4.21 Å². The van der Waals surface area contributed by atoms with Crippen molar-refractivity contribution in [1.82, 2.24) is 0 Å². The Morgan fingerprint density at radius 2 is 2.43 bits per heavy atom. The lowest BCUT2D eigenvalue weighted by molar-refractivity contribution is -0.124. The Hall–Kier alpha value is 0.0700. The molecule has 0 saturated carbocycles. The van der Waals surface area contributed by atoms with Gasteiger partial charge in [0.25, 0.3) is 0 Å². The molecule has 3 nitrogen and oxygen atoms in total. The predicted octanol–water partition coefficient (Wildman–Crippen LogP) is 0.550.